The molecule has 2 aromatic heterocycles. The summed E-state index contributed by atoms with van der Waals surface area (Å²) in [5, 5.41) is 17.9. The van der Waals surface area contributed by atoms with E-state index in [2.05, 4.69) is 15.3 Å². The Morgan fingerprint density at radius 3 is 2.40 bits per heavy atom. The maximum Gasteiger partial charge on any atom is 0.315 e. The van der Waals surface area contributed by atoms with Gasteiger partial charge in [0.15, 0.2) is 5.13 Å². The lowest BCUT2D eigenvalue weighted by molar-refractivity contribution is -0.133. The Kier molecular flexibility index (Phi) is 7.36. The summed E-state index contributed by atoms with van der Waals surface area (Å²) in [6.07, 6.45) is -1.31. The number of nitrogens with zero attached hydrogens (tertiary/aromatic N) is 2. The molecule has 1 aromatic carbocycles. The van der Waals surface area contributed by atoms with Crippen molar-refractivity contribution in [3.63, 3.8) is 0 Å². The van der Waals surface area contributed by atoms with Crippen molar-refractivity contribution in [3.05, 3.63) is 65.4 Å². The van der Waals surface area contributed by atoms with Gasteiger partial charge >= 0.3 is 6.43 Å². The van der Waals surface area contributed by atoms with E-state index in [0.29, 0.717) is 12.1 Å². The Morgan fingerprint density at radius 2 is 1.83 bits per heavy atom. The number of benzene rings is 1. The number of halogens is 3. The molecule has 3 rings (SSSR count). The van der Waals surface area contributed by atoms with E-state index in [1.807, 2.05) is 17.5 Å². The molecule has 0 unspecified atom stereocenters. The summed E-state index contributed by atoms with van der Waals surface area (Å²) in [6, 6.07) is 8.82. The van der Waals surface area contributed by atoms with Crippen LogP contribution in [0.25, 0.3) is 11.1 Å². The van der Waals surface area contributed by atoms with Crippen LogP contribution in [0.2, 0.25) is 0 Å². The monoisotopic (exact) mass is 436 g/mol. The minimum absolute atomic E-state index is 0.299. The van der Waals surface area contributed by atoms with Gasteiger partial charge in [-0.2, -0.15) is 8.78 Å². The molecule has 0 saturated heterocycles. The first-order chi connectivity index (χ1) is 14.5. The van der Waals surface area contributed by atoms with Crippen LogP contribution in [0.3, 0.4) is 0 Å². The van der Waals surface area contributed by atoms with Crippen LogP contribution in [-0.4, -0.2) is 40.1 Å². The Hall–Kier alpha value is -2.98. The van der Waals surface area contributed by atoms with Crippen molar-refractivity contribution in [1.29, 1.82) is 0 Å². The number of carbonyl (C=O) groups excluding carboxylic acids is 1. The summed E-state index contributed by atoms with van der Waals surface area (Å²) >= 11 is 1.50. The fraction of sp³-hybridized carbons (Fsp3) is 0.250. The molecule has 10 heteroatoms. The van der Waals surface area contributed by atoms with Gasteiger partial charge in [0.05, 0.1) is 18.3 Å². The number of amides is 1. The number of hydrogen-bond acceptors (Lipinski definition) is 6. The van der Waals surface area contributed by atoms with Crippen LogP contribution in [0.4, 0.5) is 18.3 Å². The number of aromatic nitrogens is 2. The molecule has 0 aliphatic heterocycles. The zero-order valence-electron chi connectivity index (χ0n) is 15.6. The third kappa shape index (κ3) is 5.55. The Labute approximate surface area is 174 Å². The highest BCUT2D eigenvalue weighted by atomic mass is 32.1. The summed E-state index contributed by atoms with van der Waals surface area (Å²) in [6.45, 7) is -0.643. The van der Waals surface area contributed by atoms with Crippen LogP contribution in [-0.2, 0) is 11.3 Å². The van der Waals surface area contributed by atoms with Crippen molar-refractivity contribution < 1.29 is 23.1 Å². The second-order valence-electron chi connectivity index (χ2n) is 6.37. The van der Waals surface area contributed by atoms with Gasteiger partial charge in [-0.3, -0.25) is 9.78 Å². The van der Waals surface area contributed by atoms with Gasteiger partial charge < -0.3 is 15.7 Å². The van der Waals surface area contributed by atoms with Crippen molar-refractivity contribution >= 4 is 22.4 Å². The van der Waals surface area contributed by atoms with Gasteiger partial charge in [-0.05, 0) is 17.2 Å². The van der Waals surface area contributed by atoms with Crippen LogP contribution in [0.15, 0.2) is 54.2 Å². The second-order valence-corrected chi connectivity index (χ2v) is 7.26. The third-order valence-corrected chi connectivity index (χ3v) is 5.07. The number of rotatable bonds is 9. The van der Waals surface area contributed by atoms with Crippen LogP contribution >= 0.6 is 11.3 Å². The topological polar surface area (TPSA) is 87.1 Å². The molecule has 0 spiro atoms. The van der Waals surface area contributed by atoms with E-state index < -0.39 is 31.2 Å². The lowest BCUT2D eigenvalue weighted by Gasteiger charge is -2.22. The molecule has 0 radical (unpaired) electrons. The minimum Gasteiger partial charge on any atom is -0.386 e. The average Bonchev–Trinajstić information content (AvgIpc) is 3.29. The van der Waals surface area contributed by atoms with Crippen LogP contribution < -0.4 is 10.6 Å². The molecule has 6 nitrogen and oxygen atoms in total. The molecule has 3 aromatic rings. The molecule has 0 aliphatic carbocycles. The Bertz CT molecular complexity index is 938. The van der Waals surface area contributed by atoms with Crippen LogP contribution in [0.1, 0.15) is 17.4 Å². The minimum atomic E-state index is -3.28. The average molecular weight is 436 g/mol. The lowest BCUT2D eigenvalue weighted by Crippen LogP contribution is -2.43. The Balaban J connectivity index is 1.63. The van der Waals surface area contributed by atoms with Crippen molar-refractivity contribution in [1.82, 2.24) is 15.3 Å². The van der Waals surface area contributed by atoms with Gasteiger partial charge in [0, 0.05) is 23.3 Å². The normalized spacial score (nSPS) is 13.1. The van der Waals surface area contributed by atoms with Crippen LogP contribution in [0, 0.1) is 0 Å². The van der Waals surface area contributed by atoms with E-state index in [4.69, 9.17) is 0 Å². The number of nitrogens with one attached hydrogen (secondary N) is 2. The molecular weight excluding hydrogens is 417 g/mol. The Morgan fingerprint density at radius 1 is 1.10 bits per heavy atom. The summed E-state index contributed by atoms with van der Waals surface area (Å²) in [7, 11) is 0. The van der Waals surface area contributed by atoms with Gasteiger partial charge in [-0.25, -0.2) is 9.37 Å². The standard InChI is InChI=1S/C20H19F3N4O2S/c21-9-16(27-19(29)18(22)23)17(28)13-3-1-12(2-4-13)14-5-6-15(25-10-14)11-26-20-24-7-8-30-20/h1-8,10,16-18,28H,9,11H2,(H,24,26)(H,27,29)/t16-,17+/m1/s1. The number of alkyl halides is 3. The second kappa shape index (κ2) is 10.2. The molecule has 0 aliphatic rings. The number of thiazole rings is 1. The van der Waals surface area contributed by atoms with Gasteiger partial charge in [0.2, 0.25) is 0 Å². The van der Waals surface area contributed by atoms with Gasteiger partial charge in [0.25, 0.3) is 5.91 Å². The molecule has 30 heavy (non-hydrogen) atoms. The molecule has 3 N–H and O–H groups in total. The SMILES string of the molecule is O=C(N[C@H](CF)[C@@H](O)c1ccc(-c2ccc(CNc3nccs3)nc2)cc1)C(F)F. The molecule has 2 heterocycles. The summed E-state index contributed by atoms with van der Waals surface area (Å²) in [4.78, 5) is 19.6. The van der Waals surface area contributed by atoms with E-state index in [-0.39, 0.29) is 0 Å². The zero-order valence-corrected chi connectivity index (χ0v) is 16.5. The van der Waals surface area contributed by atoms with E-state index in [0.717, 1.165) is 22.0 Å². The zero-order chi connectivity index (χ0) is 21.5. The molecular formula is C20H19F3N4O2S. The van der Waals surface area contributed by atoms with Crippen molar-refractivity contribution in [2.75, 3.05) is 12.0 Å². The maximum absolute atomic E-state index is 13.1. The first kappa shape index (κ1) is 21.7. The summed E-state index contributed by atoms with van der Waals surface area (Å²) in [5.41, 5.74) is 2.78. The largest absolute Gasteiger partial charge is 0.386 e. The lowest BCUT2D eigenvalue weighted by atomic mass is 9.99. The van der Waals surface area contributed by atoms with Crippen molar-refractivity contribution in [2.24, 2.45) is 0 Å². The smallest absolute Gasteiger partial charge is 0.315 e. The number of aliphatic hydroxyl groups excluding tert-OH is 1. The van der Waals surface area contributed by atoms with E-state index >= 15 is 0 Å². The van der Waals surface area contributed by atoms with Gasteiger partial charge in [0.1, 0.15) is 12.8 Å². The van der Waals surface area contributed by atoms with Gasteiger partial charge in [-0.15, -0.1) is 11.3 Å². The first-order valence-corrected chi connectivity index (χ1v) is 9.87. The third-order valence-electron chi connectivity index (χ3n) is 4.34. The maximum atomic E-state index is 13.1. The highest BCUT2D eigenvalue weighted by Crippen LogP contribution is 2.24. The summed E-state index contributed by atoms with van der Waals surface area (Å²) < 4.78 is 37.8. The predicted molar refractivity (Wildman–Crippen MR) is 108 cm³/mol. The fourth-order valence-corrected chi connectivity index (χ4v) is 3.26. The predicted octanol–water partition coefficient (Wildman–Crippen LogP) is 3.57. The highest BCUT2D eigenvalue weighted by Gasteiger charge is 2.26. The fourth-order valence-electron chi connectivity index (χ4n) is 2.73. The van der Waals surface area contributed by atoms with Gasteiger partial charge in [-0.1, -0.05) is 30.3 Å². The molecule has 0 saturated carbocycles. The molecule has 1 amide bonds. The highest BCUT2D eigenvalue weighted by molar-refractivity contribution is 7.13. The molecule has 158 valence electrons. The first-order valence-electron chi connectivity index (χ1n) is 8.99. The van der Waals surface area contributed by atoms with E-state index in [1.165, 1.54) is 11.3 Å². The molecule has 0 bridgehead atoms. The van der Waals surface area contributed by atoms with Crippen molar-refractivity contribution in [2.45, 2.75) is 25.1 Å². The van der Waals surface area contributed by atoms with E-state index in [9.17, 15) is 23.1 Å². The van der Waals surface area contributed by atoms with Crippen LogP contribution in [0.5, 0.6) is 0 Å². The molecule has 2 atom stereocenters. The van der Waals surface area contributed by atoms with Crippen molar-refractivity contribution in [3.8, 4) is 11.1 Å². The van der Waals surface area contributed by atoms with E-state index in [1.54, 1.807) is 42.0 Å². The summed E-state index contributed by atoms with van der Waals surface area (Å²) in [5.74, 6) is -1.62. The quantitative estimate of drug-likeness (QED) is 0.477. The number of pyridine rings is 1. The number of carbonyl (C=O) groups is 1. The number of aliphatic hydroxyl groups is 1. The number of hydrogen-bond donors (Lipinski definition) is 3. The molecule has 0 fully saturated rings. The number of anilines is 1.